The molecule has 3 nitrogen and oxygen atoms in total. The van der Waals surface area contributed by atoms with Gasteiger partial charge >= 0.3 is 6.18 Å². The second-order valence-electron chi connectivity index (χ2n) is 4.43. The first-order valence-electron chi connectivity index (χ1n) is 6.74. The number of hydrogen-bond acceptors (Lipinski definition) is 1. The zero-order chi connectivity index (χ0) is 15.7. The van der Waals surface area contributed by atoms with Crippen LogP contribution in [0.5, 0.6) is 0 Å². The number of rotatable bonds is 6. The lowest BCUT2D eigenvalue weighted by Crippen LogP contribution is -2.38. The molecule has 0 atom stereocenters. The lowest BCUT2D eigenvalue weighted by atomic mass is 10.1. The maximum absolute atomic E-state index is 12.1. The molecule has 0 unspecified atom stereocenters. The fourth-order valence-electron chi connectivity index (χ4n) is 1.61. The monoisotopic (exact) mass is 449 g/mol. The molecule has 0 aliphatic heterocycles. The van der Waals surface area contributed by atoms with E-state index in [1.54, 1.807) is 12.1 Å². The predicted octanol–water partition coefficient (Wildman–Crippen LogP) is 4.01. The van der Waals surface area contributed by atoms with Crippen LogP contribution >= 0.6 is 35.6 Å². The first kappa shape index (κ1) is 21.3. The summed E-state index contributed by atoms with van der Waals surface area (Å²) >= 11 is 5.79. The summed E-state index contributed by atoms with van der Waals surface area (Å²) in [6, 6.07) is 7.44. The van der Waals surface area contributed by atoms with Gasteiger partial charge in [-0.05, 0) is 31.0 Å². The standard InChI is InChI=1S/C14H19ClF3N3.HI/c1-2-19-13(21-10-8-14(16,17)18)20-9-7-11-3-5-12(15)6-4-11;/h3-6H,2,7-10H2,1H3,(H2,19,20,21);1H. The number of benzene rings is 1. The van der Waals surface area contributed by atoms with Crippen molar-refractivity contribution in [1.82, 2.24) is 10.6 Å². The summed E-state index contributed by atoms with van der Waals surface area (Å²) in [5.41, 5.74) is 1.10. The van der Waals surface area contributed by atoms with E-state index in [0.29, 0.717) is 24.1 Å². The molecule has 2 N–H and O–H groups in total. The maximum Gasteiger partial charge on any atom is 0.390 e. The molecule has 0 radical (unpaired) electrons. The van der Waals surface area contributed by atoms with Crippen LogP contribution in [0.2, 0.25) is 5.02 Å². The summed E-state index contributed by atoms with van der Waals surface area (Å²) in [5.74, 6) is 0.399. The summed E-state index contributed by atoms with van der Waals surface area (Å²) in [5, 5.41) is 6.60. The maximum atomic E-state index is 12.1. The van der Waals surface area contributed by atoms with Crippen LogP contribution in [0.25, 0.3) is 0 Å². The Hall–Kier alpha value is -0.700. The highest BCUT2D eigenvalue weighted by atomic mass is 127. The van der Waals surface area contributed by atoms with Crippen LogP contribution in [-0.2, 0) is 6.42 Å². The number of nitrogens with zero attached hydrogens (tertiary/aromatic N) is 1. The fraction of sp³-hybridized carbons (Fsp3) is 0.500. The highest BCUT2D eigenvalue weighted by Crippen LogP contribution is 2.18. The Morgan fingerprint density at radius 2 is 1.82 bits per heavy atom. The van der Waals surface area contributed by atoms with Gasteiger partial charge in [-0.15, -0.1) is 24.0 Å². The van der Waals surface area contributed by atoms with Crippen LogP contribution < -0.4 is 10.6 Å². The van der Waals surface area contributed by atoms with Gasteiger partial charge in [-0.1, -0.05) is 23.7 Å². The largest absolute Gasteiger partial charge is 0.390 e. The van der Waals surface area contributed by atoms with Crippen LogP contribution in [0.3, 0.4) is 0 Å². The van der Waals surface area contributed by atoms with Crippen molar-refractivity contribution in [3.05, 3.63) is 34.9 Å². The van der Waals surface area contributed by atoms with E-state index in [-0.39, 0.29) is 30.5 Å². The van der Waals surface area contributed by atoms with E-state index in [1.807, 2.05) is 19.1 Å². The Kier molecular flexibility index (Phi) is 10.6. The van der Waals surface area contributed by atoms with Crippen LogP contribution in [0.15, 0.2) is 29.3 Å². The smallest absolute Gasteiger partial charge is 0.357 e. The first-order chi connectivity index (χ1) is 9.90. The third-order valence-corrected chi connectivity index (χ3v) is 2.88. The minimum Gasteiger partial charge on any atom is -0.357 e. The second-order valence-corrected chi connectivity index (χ2v) is 4.87. The second kappa shape index (κ2) is 10.9. The van der Waals surface area contributed by atoms with Gasteiger partial charge in [0.05, 0.1) is 13.0 Å². The van der Waals surface area contributed by atoms with E-state index < -0.39 is 12.6 Å². The molecule has 0 fully saturated rings. The molecule has 1 aromatic rings. The van der Waals surface area contributed by atoms with E-state index in [9.17, 15) is 13.2 Å². The normalized spacial score (nSPS) is 11.8. The molecule has 126 valence electrons. The Bertz CT molecular complexity index is 450. The lowest BCUT2D eigenvalue weighted by molar-refractivity contribution is -0.132. The predicted molar refractivity (Wildman–Crippen MR) is 95.2 cm³/mol. The Balaban J connectivity index is 0.00000441. The van der Waals surface area contributed by atoms with Crippen molar-refractivity contribution in [2.75, 3.05) is 19.6 Å². The van der Waals surface area contributed by atoms with Crippen molar-refractivity contribution in [1.29, 1.82) is 0 Å². The third kappa shape index (κ3) is 10.1. The van der Waals surface area contributed by atoms with Gasteiger partial charge in [0.2, 0.25) is 0 Å². The molecular weight excluding hydrogens is 430 g/mol. The molecule has 0 saturated carbocycles. The van der Waals surface area contributed by atoms with Crippen LogP contribution in [0.4, 0.5) is 13.2 Å². The SMILES string of the molecule is CCNC(=NCCC(F)(F)F)NCCc1ccc(Cl)cc1.I. The number of guanidine groups is 1. The molecule has 0 heterocycles. The van der Waals surface area contributed by atoms with Crippen molar-refractivity contribution in [3.63, 3.8) is 0 Å². The number of aliphatic imine (C=N–C) groups is 1. The minimum absolute atomic E-state index is 0. The molecule has 0 amide bonds. The van der Waals surface area contributed by atoms with Crippen LogP contribution in [0, 0.1) is 0 Å². The van der Waals surface area contributed by atoms with Gasteiger partial charge in [-0.3, -0.25) is 4.99 Å². The topological polar surface area (TPSA) is 36.4 Å². The van der Waals surface area contributed by atoms with Crippen LogP contribution in [0.1, 0.15) is 18.9 Å². The zero-order valence-electron chi connectivity index (χ0n) is 12.2. The number of alkyl halides is 3. The molecule has 0 spiro atoms. The molecule has 0 saturated heterocycles. The Morgan fingerprint density at radius 1 is 1.18 bits per heavy atom. The third-order valence-electron chi connectivity index (χ3n) is 2.63. The van der Waals surface area contributed by atoms with Gasteiger partial charge in [0.15, 0.2) is 5.96 Å². The number of nitrogens with one attached hydrogen (secondary N) is 2. The van der Waals surface area contributed by atoms with Crippen molar-refractivity contribution in [3.8, 4) is 0 Å². The van der Waals surface area contributed by atoms with Gasteiger partial charge in [-0.25, -0.2) is 0 Å². The van der Waals surface area contributed by atoms with Gasteiger partial charge in [0, 0.05) is 18.1 Å². The van der Waals surface area contributed by atoms with Gasteiger partial charge in [0.1, 0.15) is 0 Å². The fourth-order valence-corrected chi connectivity index (χ4v) is 1.74. The number of halogens is 5. The molecular formula is C14H20ClF3IN3. The lowest BCUT2D eigenvalue weighted by Gasteiger charge is -2.11. The average Bonchev–Trinajstić information content (AvgIpc) is 2.39. The molecule has 1 aromatic carbocycles. The highest BCUT2D eigenvalue weighted by molar-refractivity contribution is 14.0. The summed E-state index contributed by atoms with van der Waals surface area (Å²) in [7, 11) is 0. The summed E-state index contributed by atoms with van der Waals surface area (Å²) in [6.07, 6.45) is -4.36. The zero-order valence-corrected chi connectivity index (χ0v) is 15.3. The van der Waals surface area contributed by atoms with Gasteiger partial charge < -0.3 is 10.6 Å². The summed E-state index contributed by atoms with van der Waals surface area (Å²) in [4.78, 5) is 3.90. The van der Waals surface area contributed by atoms with Gasteiger partial charge in [-0.2, -0.15) is 13.2 Å². The van der Waals surface area contributed by atoms with Crippen LogP contribution in [-0.4, -0.2) is 31.8 Å². The first-order valence-corrected chi connectivity index (χ1v) is 7.12. The quantitative estimate of drug-likeness (QED) is 0.391. The summed E-state index contributed by atoms with van der Waals surface area (Å²) < 4.78 is 36.2. The van der Waals surface area contributed by atoms with E-state index in [4.69, 9.17) is 11.6 Å². The van der Waals surface area contributed by atoms with E-state index in [1.165, 1.54) is 0 Å². The van der Waals surface area contributed by atoms with Crippen molar-refractivity contribution in [2.24, 2.45) is 4.99 Å². The summed E-state index contributed by atoms with van der Waals surface area (Å²) in [6.45, 7) is 2.76. The molecule has 0 aliphatic rings. The van der Waals surface area contributed by atoms with Crippen molar-refractivity contribution in [2.45, 2.75) is 25.9 Å². The highest BCUT2D eigenvalue weighted by Gasteiger charge is 2.26. The molecule has 0 aromatic heterocycles. The van der Waals surface area contributed by atoms with Crippen molar-refractivity contribution < 1.29 is 13.2 Å². The van der Waals surface area contributed by atoms with E-state index in [0.717, 1.165) is 12.0 Å². The molecule has 0 bridgehead atoms. The molecule has 8 heteroatoms. The van der Waals surface area contributed by atoms with Gasteiger partial charge in [0.25, 0.3) is 0 Å². The average molecular weight is 450 g/mol. The minimum atomic E-state index is -4.18. The van der Waals surface area contributed by atoms with Crippen molar-refractivity contribution >= 4 is 41.5 Å². The molecule has 1 rings (SSSR count). The molecule has 22 heavy (non-hydrogen) atoms. The van der Waals surface area contributed by atoms with E-state index in [2.05, 4.69) is 15.6 Å². The van der Waals surface area contributed by atoms with E-state index >= 15 is 0 Å². The number of hydrogen-bond donors (Lipinski definition) is 2. The Labute approximate surface area is 150 Å². The molecule has 0 aliphatic carbocycles. The Morgan fingerprint density at radius 3 is 2.36 bits per heavy atom.